The second kappa shape index (κ2) is 5.00. The number of benzene rings is 2. The molecule has 18 heavy (non-hydrogen) atoms. The molecule has 2 rings (SSSR count). The van der Waals surface area contributed by atoms with Crippen molar-refractivity contribution < 1.29 is 13.2 Å². The Kier molecular flexibility index (Phi) is 3.59. The van der Waals surface area contributed by atoms with E-state index in [4.69, 9.17) is 17.3 Å². The van der Waals surface area contributed by atoms with Crippen LogP contribution in [0.4, 0.5) is 13.2 Å². The third-order valence-corrected chi connectivity index (χ3v) is 2.84. The lowest BCUT2D eigenvalue weighted by atomic mass is 9.98. The van der Waals surface area contributed by atoms with Gasteiger partial charge in [0.25, 0.3) is 0 Å². The van der Waals surface area contributed by atoms with Gasteiger partial charge in [-0.25, -0.2) is 13.2 Å². The molecule has 0 aliphatic carbocycles. The van der Waals surface area contributed by atoms with E-state index in [0.29, 0.717) is 0 Å². The predicted octanol–water partition coefficient (Wildman–Crippen LogP) is 3.81. The van der Waals surface area contributed by atoms with Crippen molar-refractivity contribution in [1.82, 2.24) is 0 Å². The summed E-state index contributed by atoms with van der Waals surface area (Å²) >= 11 is 5.72. The standard InChI is InChI=1S/C13H9ClF3N/c14-7-4-5-9(15)8(6-7)13(18)12-10(16)2-1-3-11(12)17/h1-6,13H,18H2. The molecule has 1 atom stereocenters. The van der Waals surface area contributed by atoms with E-state index in [1.54, 1.807) is 0 Å². The van der Waals surface area contributed by atoms with Gasteiger partial charge in [-0.3, -0.25) is 0 Å². The topological polar surface area (TPSA) is 26.0 Å². The van der Waals surface area contributed by atoms with E-state index < -0.39 is 23.5 Å². The quantitative estimate of drug-likeness (QED) is 0.883. The van der Waals surface area contributed by atoms with Crippen LogP contribution in [0.1, 0.15) is 17.2 Å². The zero-order valence-electron chi connectivity index (χ0n) is 9.13. The van der Waals surface area contributed by atoms with Crippen molar-refractivity contribution in [2.24, 2.45) is 5.73 Å². The van der Waals surface area contributed by atoms with E-state index in [9.17, 15) is 13.2 Å². The Morgan fingerprint density at radius 3 is 2.17 bits per heavy atom. The van der Waals surface area contributed by atoms with Crippen LogP contribution in [0.3, 0.4) is 0 Å². The molecule has 2 aromatic rings. The molecule has 0 fully saturated rings. The van der Waals surface area contributed by atoms with Gasteiger partial charge in [-0.15, -0.1) is 0 Å². The summed E-state index contributed by atoms with van der Waals surface area (Å²) in [6, 6.07) is 5.82. The molecule has 0 spiro atoms. The summed E-state index contributed by atoms with van der Waals surface area (Å²) in [6.45, 7) is 0. The normalized spacial score (nSPS) is 12.5. The van der Waals surface area contributed by atoms with E-state index in [-0.39, 0.29) is 16.1 Å². The Balaban J connectivity index is 2.54. The van der Waals surface area contributed by atoms with E-state index in [1.807, 2.05) is 0 Å². The van der Waals surface area contributed by atoms with Crippen LogP contribution in [0.5, 0.6) is 0 Å². The first-order chi connectivity index (χ1) is 8.50. The average Bonchev–Trinajstić information content (AvgIpc) is 2.32. The van der Waals surface area contributed by atoms with Gasteiger partial charge in [0.2, 0.25) is 0 Å². The van der Waals surface area contributed by atoms with Gasteiger partial charge in [-0.2, -0.15) is 0 Å². The number of nitrogens with two attached hydrogens (primary N) is 1. The van der Waals surface area contributed by atoms with Gasteiger partial charge in [-0.05, 0) is 30.3 Å². The molecular weight excluding hydrogens is 263 g/mol. The van der Waals surface area contributed by atoms with Crippen molar-refractivity contribution in [3.05, 3.63) is 70.0 Å². The number of hydrogen-bond donors (Lipinski definition) is 1. The molecular formula is C13H9ClF3N. The fraction of sp³-hybridized carbons (Fsp3) is 0.0769. The molecule has 2 N–H and O–H groups in total. The zero-order valence-corrected chi connectivity index (χ0v) is 9.89. The Labute approximate surface area is 107 Å². The van der Waals surface area contributed by atoms with Gasteiger partial charge in [-0.1, -0.05) is 17.7 Å². The first-order valence-corrected chi connectivity index (χ1v) is 5.53. The minimum atomic E-state index is -1.25. The van der Waals surface area contributed by atoms with E-state index >= 15 is 0 Å². The Morgan fingerprint density at radius 2 is 1.56 bits per heavy atom. The molecule has 0 aliphatic heterocycles. The predicted molar refractivity (Wildman–Crippen MR) is 63.8 cm³/mol. The molecule has 0 aromatic heterocycles. The van der Waals surface area contributed by atoms with Crippen molar-refractivity contribution >= 4 is 11.6 Å². The Hall–Kier alpha value is -1.52. The number of hydrogen-bond acceptors (Lipinski definition) is 1. The smallest absolute Gasteiger partial charge is 0.131 e. The SMILES string of the molecule is NC(c1cc(Cl)ccc1F)c1c(F)cccc1F. The monoisotopic (exact) mass is 271 g/mol. The second-order valence-corrected chi connectivity index (χ2v) is 4.22. The summed E-state index contributed by atoms with van der Waals surface area (Å²) in [4.78, 5) is 0. The largest absolute Gasteiger partial charge is 0.320 e. The average molecular weight is 272 g/mol. The van der Waals surface area contributed by atoms with Gasteiger partial charge >= 0.3 is 0 Å². The van der Waals surface area contributed by atoms with Crippen molar-refractivity contribution in [1.29, 1.82) is 0 Å². The molecule has 2 aromatic carbocycles. The van der Waals surface area contributed by atoms with Gasteiger partial charge in [0, 0.05) is 16.1 Å². The maximum Gasteiger partial charge on any atom is 0.131 e. The van der Waals surface area contributed by atoms with E-state index in [1.165, 1.54) is 18.2 Å². The van der Waals surface area contributed by atoms with Crippen molar-refractivity contribution in [3.8, 4) is 0 Å². The van der Waals surface area contributed by atoms with Gasteiger partial charge < -0.3 is 5.73 Å². The van der Waals surface area contributed by atoms with Crippen LogP contribution >= 0.6 is 11.6 Å². The zero-order chi connectivity index (χ0) is 13.3. The molecule has 0 radical (unpaired) electrons. The summed E-state index contributed by atoms with van der Waals surface area (Å²) in [5.41, 5.74) is 5.28. The fourth-order valence-corrected chi connectivity index (χ4v) is 1.90. The summed E-state index contributed by atoms with van der Waals surface area (Å²) in [5.74, 6) is -2.29. The van der Waals surface area contributed by atoms with Gasteiger partial charge in [0.05, 0.1) is 6.04 Å². The summed E-state index contributed by atoms with van der Waals surface area (Å²) in [7, 11) is 0. The number of halogens is 4. The maximum atomic E-state index is 13.6. The fourth-order valence-electron chi connectivity index (χ4n) is 1.72. The van der Waals surface area contributed by atoms with Crippen molar-refractivity contribution in [2.45, 2.75) is 6.04 Å². The van der Waals surface area contributed by atoms with Crippen LogP contribution in [-0.2, 0) is 0 Å². The van der Waals surface area contributed by atoms with Crippen LogP contribution in [0.2, 0.25) is 5.02 Å². The number of rotatable bonds is 2. The molecule has 1 nitrogen and oxygen atoms in total. The molecule has 0 saturated heterocycles. The van der Waals surface area contributed by atoms with Crippen molar-refractivity contribution in [3.63, 3.8) is 0 Å². The van der Waals surface area contributed by atoms with E-state index in [2.05, 4.69) is 0 Å². The highest BCUT2D eigenvalue weighted by Gasteiger charge is 2.21. The van der Waals surface area contributed by atoms with Crippen LogP contribution in [0.25, 0.3) is 0 Å². The summed E-state index contributed by atoms with van der Waals surface area (Å²) in [5, 5.41) is 0.249. The lowest BCUT2D eigenvalue weighted by molar-refractivity contribution is 0.533. The Bertz CT molecular complexity index is 566. The van der Waals surface area contributed by atoms with Crippen LogP contribution in [0.15, 0.2) is 36.4 Å². The minimum absolute atomic E-state index is 0.0495. The molecule has 94 valence electrons. The first-order valence-electron chi connectivity index (χ1n) is 5.15. The molecule has 1 unspecified atom stereocenters. The highest BCUT2D eigenvalue weighted by atomic mass is 35.5. The lowest BCUT2D eigenvalue weighted by Crippen LogP contribution is -2.17. The van der Waals surface area contributed by atoms with Crippen LogP contribution in [0, 0.1) is 17.5 Å². The second-order valence-electron chi connectivity index (χ2n) is 3.78. The molecule has 0 saturated carbocycles. The maximum absolute atomic E-state index is 13.6. The third kappa shape index (κ3) is 2.35. The molecule has 0 bridgehead atoms. The third-order valence-electron chi connectivity index (χ3n) is 2.60. The van der Waals surface area contributed by atoms with Crippen molar-refractivity contribution in [2.75, 3.05) is 0 Å². The Morgan fingerprint density at radius 1 is 0.944 bits per heavy atom. The molecule has 0 amide bonds. The summed E-state index contributed by atoms with van der Waals surface area (Å²) < 4.78 is 40.7. The minimum Gasteiger partial charge on any atom is -0.320 e. The van der Waals surface area contributed by atoms with Crippen LogP contribution in [-0.4, -0.2) is 0 Å². The highest BCUT2D eigenvalue weighted by molar-refractivity contribution is 6.30. The molecule has 0 aliphatic rings. The summed E-state index contributed by atoms with van der Waals surface area (Å²) in [6.07, 6.45) is 0. The highest BCUT2D eigenvalue weighted by Crippen LogP contribution is 2.28. The van der Waals surface area contributed by atoms with Crippen LogP contribution < -0.4 is 5.73 Å². The first kappa shape index (κ1) is 12.9. The molecule has 5 heteroatoms. The molecule has 0 heterocycles. The lowest BCUT2D eigenvalue weighted by Gasteiger charge is -2.15. The van der Waals surface area contributed by atoms with Gasteiger partial charge in [0.15, 0.2) is 0 Å². The van der Waals surface area contributed by atoms with E-state index in [0.717, 1.165) is 18.2 Å². The van der Waals surface area contributed by atoms with Gasteiger partial charge in [0.1, 0.15) is 17.5 Å².